The summed E-state index contributed by atoms with van der Waals surface area (Å²) in [5.41, 5.74) is 3.15. The molecule has 5 rings (SSSR count). The molecule has 9 heteroatoms. The highest BCUT2D eigenvalue weighted by Crippen LogP contribution is 2.33. The van der Waals surface area contributed by atoms with E-state index in [1.165, 1.54) is 15.4 Å². The molecule has 1 aliphatic rings. The Morgan fingerprint density at radius 1 is 1.10 bits per heavy atom. The third-order valence-electron chi connectivity index (χ3n) is 5.32. The van der Waals surface area contributed by atoms with E-state index in [0.29, 0.717) is 23.3 Å². The third kappa shape index (κ3) is 2.62. The number of carbonyl (C=O) groups is 1. The minimum atomic E-state index is -0.268. The van der Waals surface area contributed by atoms with E-state index in [-0.39, 0.29) is 17.4 Å². The molecular weight excluding hydrogens is 370 g/mol. The number of para-hydroxylation sites is 2. The number of hydrogen-bond donors (Lipinski definition) is 1. The van der Waals surface area contributed by atoms with Gasteiger partial charge in [-0.3, -0.25) is 14.6 Å². The van der Waals surface area contributed by atoms with Crippen LogP contribution in [0.15, 0.2) is 53.6 Å². The minimum absolute atomic E-state index is 0.126. The predicted molar refractivity (Wildman–Crippen MR) is 109 cm³/mol. The number of anilines is 2. The van der Waals surface area contributed by atoms with Gasteiger partial charge in [0.05, 0.1) is 28.8 Å². The molecule has 1 aliphatic heterocycles. The Kier molecular flexibility index (Phi) is 3.76. The lowest BCUT2D eigenvalue weighted by atomic mass is 10.1. The number of benzene rings is 1. The lowest BCUT2D eigenvalue weighted by molar-refractivity contribution is 0.0986. The summed E-state index contributed by atoms with van der Waals surface area (Å²) in [5.74, 6) is 0.132. The fraction of sp³-hybridized carbons (Fsp3) is 0.200. The molecule has 0 saturated carbocycles. The zero-order chi connectivity index (χ0) is 20.1. The lowest BCUT2D eigenvalue weighted by Gasteiger charge is -2.35. The first-order chi connectivity index (χ1) is 14.0. The lowest BCUT2D eigenvalue weighted by Crippen LogP contribution is -2.42. The molecule has 0 spiro atoms. The predicted octanol–water partition coefficient (Wildman–Crippen LogP) is 1.61. The molecule has 9 nitrogen and oxygen atoms in total. The number of H-pyrrole nitrogens is 1. The van der Waals surface area contributed by atoms with Crippen LogP contribution in [0.1, 0.15) is 16.1 Å². The molecule has 0 atom stereocenters. The largest absolute Gasteiger partial charge is 0.371 e. The number of fused-ring (bicyclic) bond motifs is 2. The van der Waals surface area contributed by atoms with Gasteiger partial charge in [-0.1, -0.05) is 12.1 Å². The Balaban J connectivity index is 1.55. The van der Waals surface area contributed by atoms with Crippen molar-refractivity contribution >= 4 is 22.8 Å². The van der Waals surface area contributed by atoms with Gasteiger partial charge >= 0.3 is 0 Å². The van der Waals surface area contributed by atoms with E-state index in [9.17, 15) is 9.59 Å². The molecule has 0 fully saturated rings. The van der Waals surface area contributed by atoms with Crippen LogP contribution in [-0.2, 0) is 0 Å². The van der Waals surface area contributed by atoms with Crippen molar-refractivity contribution < 1.29 is 4.79 Å². The van der Waals surface area contributed by atoms with Crippen LogP contribution < -0.4 is 15.4 Å². The molecule has 1 N–H and O–H groups in total. The van der Waals surface area contributed by atoms with Crippen LogP contribution in [0.5, 0.6) is 0 Å². The second-order valence-electron chi connectivity index (χ2n) is 7.04. The van der Waals surface area contributed by atoms with E-state index in [0.717, 1.165) is 17.9 Å². The van der Waals surface area contributed by atoms with Gasteiger partial charge < -0.3 is 9.80 Å². The summed E-state index contributed by atoms with van der Waals surface area (Å²) in [6.45, 7) is 3.12. The number of nitrogens with one attached hydrogen (secondary N) is 1. The summed E-state index contributed by atoms with van der Waals surface area (Å²) in [6, 6.07) is 11.3. The van der Waals surface area contributed by atoms with E-state index in [2.05, 4.69) is 20.1 Å². The molecule has 0 aliphatic carbocycles. The van der Waals surface area contributed by atoms with Crippen molar-refractivity contribution in [3.05, 3.63) is 70.4 Å². The molecule has 3 aromatic heterocycles. The number of carbonyl (C=O) groups excluding carboxylic acids is 1. The number of nitrogens with zero attached hydrogens (tertiary/aromatic N) is 6. The fourth-order valence-electron chi connectivity index (χ4n) is 3.72. The smallest absolute Gasteiger partial charge is 0.276 e. The molecule has 0 unspecified atom stereocenters. The SMILES string of the molecule is Cc1c(C(=O)N2CCN(C)c3ccccc32)cnn1-c1nn2cccc2c(=O)[nH]1. The van der Waals surface area contributed by atoms with E-state index >= 15 is 0 Å². The average Bonchev–Trinajstić information content (AvgIpc) is 3.35. The van der Waals surface area contributed by atoms with Crippen molar-refractivity contribution in [1.29, 1.82) is 0 Å². The van der Waals surface area contributed by atoms with Crippen LogP contribution in [0, 0.1) is 6.92 Å². The average molecular weight is 389 g/mol. The van der Waals surface area contributed by atoms with Crippen molar-refractivity contribution in [1.82, 2.24) is 24.4 Å². The van der Waals surface area contributed by atoms with Gasteiger partial charge in [-0.2, -0.15) is 5.10 Å². The number of likely N-dealkylation sites (N-methyl/N-ethyl adjacent to an activating group) is 1. The first kappa shape index (κ1) is 17.2. The zero-order valence-corrected chi connectivity index (χ0v) is 16.0. The highest BCUT2D eigenvalue weighted by atomic mass is 16.2. The summed E-state index contributed by atoms with van der Waals surface area (Å²) in [7, 11) is 2.02. The van der Waals surface area contributed by atoms with Crippen molar-refractivity contribution in [3.8, 4) is 5.95 Å². The van der Waals surface area contributed by atoms with Gasteiger partial charge in [-0.05, 0) is 31.2 Å². The molecule has 1 aromatic carbocycles. The van der Waals surface area contributed by atoms with Crippen LogP contribution in [-0.4, -0.2) is 50.4 Å². The number of aromatic amines is 1. The van der Waals surface area contributed by atoms with E-state index in [1.807, 2.05) is 31.3 Å². The zero-order valence-electron chi connectivity index (χ0n) is 16.0. The van der Waals surface area contributed by atoms with Gasteiger partial charge in [0.2, 0.25) is 5.95 Å². The first-order valence-electron chi connectivity index (χ1n) is 9.29. The number of rotatable bonds is 2. The van der Waals surface area contributed by atoms with Crippen LogP contribution in [0.4, 0.5) is 11.4 Å². The van der Waals surface area contributed by atoms with Gasteiger partial charge in [0.15, 0.2) is 0 Å². The monoisotopic (exact) mass is 389 g/mol. The summed E-state index contributed by atoms with van der Waals surface area (Å²) in [4.78, 5) is 32.2. The topological polar surface area (TPSA) is 91.5 Å². The molecule has 1 amide bonds. The summed E-state index contributed by atoms with van der Waals surface area (Å²) >= 11 is 0. The maximum Gasteiger partial charge on any atom is 0.276 e. The van der Waals surface area contributed by atoms with Gasteiger partial charge in [-0.15, -0.1) is 5.10 Å². The number of amides is 1. The van der Waals surface area contributed by atoms with Crippen LogP contribution in [0.2, 0.25) is 0 Å². The molecular formula is C20H19N7O2. The van der Waals surface area contributed by atoms with Crippen molar-refractivity contribution in [2.24, 2.45) is 0 Å². The second kappa shape index (κ2) is 6.33. The molecule has 4 aromatic rings. The molecule has 146 valence electrons. The Hall–Kier alpha value is -3.88. The fourth-order valence-corrected chi connectivity index (χ4v) is 3.72. The van der Waals surface area contributed by atoms with Crippen LogP contribution in [0.25, 0.3) is 11.5 Å². The van der Waals surface area contributed by atoms with Crippen LogP contribution in [0.3, 0.4) is 0 Å². The van der Waals surface area contributed by atoms with E-state index in [4.69, 9.17) is 0 Å². The highest BCUT2D eigenvalue weighted by molar-refractivity contribution is 6.08. The molecule has 0 saturated heterocycles. The number of hydrogen-bond acceptors (Lipinski definition) is 5. The molecule has 0 radical (unpaired) electrons. The standard InChI is InChI=1S/C20H19N7O2/c1-13-14(19(29)25-11-10-24(2)15-6-3-4-7-16(15)25)12-21-27(13)20-22-18(28)17-8-5-9-26(17)23-20/h3-9,12H,10-11H2,1-2H3,(H,22,23,28). The van der Waals surface area contributed by atoms with E-state index in [1.54, 1.807) is 30.2 Å². The van der Waals surface area contributed by atoms with Gasteiger partial charge in [0.1, 0.15) is 5.52 Å². The Morgan fingerprint density at radius 3 is 2.72 bits per heavy atom. The van der Waals surface area contributed by atoms with Gasteiger partial charge in [-0.25, -0.2) is 9.20 Å². The molecule has 4 heterocycles. The maximum atomic E-state index is 13.3. The minimum Gasteiger partial charge on any atom is -0.371 e. The first-order valence-corrected chi connectivity index (χ1v) is 9.29. The highest BCUT2D eigenvalue weighted by Gasteiger charge is 2.28. The quantitative estimate of drug-likeness (QED) is 0.562. The summed E-state index contributed by atoms with van der Waals surface area (Å²) in [6.07, 6.45) is 3.22. The Morgan fingerprint density at radius 2 is 1.90 bits per heavy atom. The van der Waals surface area contributed by atoms with Crippen molar-refractivity contribution in [3.63, 3.8) is 0 Å². The summed E-state index contributed by atoms with van der Waals surface area (Å²) in [5, 5.41) is 8.71. The van der Waals surface area contributed by atoms with Crippen molar-refractivity contribution in [2.45, 2.75) is 6.92 Å². The molecule has 0 bridgehead atoms. The molecule has 29 heavy (non-hydrogen) atoms. The van der Waals surface area contributed by atoms with Gasteiger partial charge in [0, 0.05) is 26.3 Å². The maximum absolute atomic E-state index is 13.3. The Labute approximate surface area is 165 Å². The van der Waals surface area contributed by atoms with E-state index < -0.39 is 0 Å². The third-order valence-corrected chi connectivity index (χ3v) is 5.32. The Bertz CT molecular complexity index is 1300. The van der Waals surface area contributed by atoms with Crippen LogP contribution >= 0.6 is 0 Å². The van der Waals surface area contributed by atoms with Crippen molar-refractivity contribution in [2.75, 3.05) is 29.9 Å². The normalized spacial score (nSPS) is 13.7. The second-order valence-corrected chi connectivity index (χ2v) is 7.04. The number of aromatic nitrogens is 5. The van der Waals surface area contributed by atoms with Gasteiger partial charge in [0.25, 0.3) is 11.5 Å². The summed E-state index contributed by atoms with van der Waals surface area (Å²) < 4.78 is 2.98.